The highest BCUT2D eigenvalue weighted by Crippen LogP contribution is 2.29. The van der Waals surface area contributed by atoms with Crippen LogP contribution in [0.4, 0.5) is 42.9 Å². The van der Waals surface area contributed by atoms with E-state index in [1.807, 2.05) is 0 Å². The SMILES string of the molecule is CN1O[C@H](CF)Cn2nc3c(c2C1=O)CN(C(=O)Nc1cc(F)c(F)c(Cl)c1)CC3.Cc1cc(NC(=O)N2CCc3nn4c(c3C2)C(=O)N(C)O[C@H](CF)C4)ccc1F. The van der Waals surface area contributed by atoms with Crippen molar-refractivity contribution in [3.63, 3.8) is 0 Å². The number of hydrogen-bond donors (Lipinski definition) is 2. The first-order valence-corrected chi connectivity index (χ1v) is 18.7. The van der Waals surface area contributed by atoms with Crippen molar-refractivity contribution >= 4 is 46.9 Å². The van der Waals surface area contributed by atoms with Crippen molar-refractivity contribution in [2.75, 3.05) is 51.2 Å². The number of nitrogens with zero attached hydrogens (tertiary/aromatic N) is 8. The fourth-order valence-corrected chi connectivity index (χ4v) is 7.35. The molecule has 6 amide bonds. The number of aromatic nitrogens is 4. The third-order valence-electron chi connectivity index (χ3n) is 10.1. The molecule has 2 atom stereocenters. The normalized spacial score (nSPS) is 18.8. The van der Waals surface area contributed by atoms with Gasteiger partial charge in [-0.05, 0) is 36.8 Å². The monoisotopic (exact) mass is 848 g/mol. The van der Waals surface area contributed by atoms with Gasteiger partial charge in [-0.3, -0.25) is 28.6 Å². The van der Waals surface area contributed by atoms with Crippen molar-refractivity contribution in [2.45, 2.75) is 58.2 Å². The second kappa shape index (κ2) is 16.8. The van der Waals surface area contributed by atoms with Crippen LogP contribution in [0.5, 0.6) is 0 Å². The van der Waals surface area contributed by atoms with Crippen LogP contribution >= 0.6 is 11.6 Å². The Labute approximate surface area is 338 Å². The molecule has 0 saturated heterocycles. The lowest BCUT2D eigenvalue weighted by molar-refractivity contribution is -0.152. The molecule has 6 heterocycles. The molecular formula is C37H38ClF5N10O6. The van der Waals surface area contributed by atoms with E-state index in [0.29, 0.717) is 59.7 Å². The van der Waals surface area contributed by atoms with Crippen LogP contribution in [0.3, 0.4) is 0 Å². The lowest BCUT2D eigenvalue weighted by atomic mass is 10.1. The Balaban J connectivity index is 0.000000179. The number of hydrogen-bond acceptors (Lipinski definition) is 8. The topological polar surface area (TPSA) is 159 Å². The van der Waals surface area contributed by atoms with Crippen LogP contribution in [0.1, 0.15) is 49.1 Å². The molecule has 314 valence electrons. The van der Waals surface area contributed by atoms with Crippen molar-refractivity contribution in [1.82, 2.24) is 39.5 Å². The molecule has 8 rings (SSSR count). The molecule has 0 unspecified atom stereocenters. The fraction of sp³-hybridized carbons (Fsp3) is 0.405. The molecule has 59 heavy (non-hydrogen) atoms. The number of alkyl halides is 2. The zero-order valence-corrected chi connectivity index (χ0v) is 32.7. The minimum absolute atomic E-state index is 0.00136. The van der Waals surface area contributed by atoms with Crippen molar-refractivity contribution < 1.29 is 50.8 Å². The first-order valence-electron chi connectivity index (χ1n) is 18.4. The van der Waals surface area contributed by atoms with Gasteiger partial charge in [0.1, 0.15) is 42.8 Å². The number of hydroxylamine groups is 4. The Morgan fingerprint density at radius 3 is 1.71 bits per heavy atom. The van der Waals surface area contributed by atoms with Gasteiger partial charge < -0.3 is 20.4 Å². The molecule has 0 spiro atoms. The van der Waals surface area contributed by atoms with E-state index in [-0.39, 0.29) is 49.4 Å². The second-order valence-electron chi connectivity index (χ2n) is 14.2. The van der Waals surface area contributed by atoms with Gasteiger partial charge in [-0.25, -0.2) is 41.7 Å². The van der Waals surface area contributed by atoms with Gasteiger partial charge in [-0.2, -0.15) is 10.2 Å². The second-order valence-corrected chi connectivity index (χ2v) is 14.6. The van der Waals surface area contributed by atoms with Crippen molar-refractivity contribution in [1.29, 1.82) is 0 Å². The number of urea groups is 2. The summed E-state index contributed by atoms with van der Waals surface area (Å²) in [5.74, 6) is -3.64. The predicted molar refractivity (Wildman–Crippen MR) is 199 cm³/mol. The Morgan fingerprint density at radius 2 is 1.25 bits per heavy atom. The predicted octanol–water partition coefficient (Wildman–Crippen LogP) is 5.04. The number of amides is 6. The molecule has 2 aromatic carbocycles. The van der Waals surface area contributed by atoms with E-state index in [1.54, 1.807) is 17.9 Å². The van der Waals surface area contributed by atoms with Crippen LogP contribution in [0.2, 0.25) is 5.02 Å². The standard InChI is InChI=1S/C19H21F2N5O3.C18H17ClF3N5O3/c1-11-7-12(3-4-15(11)21)22-19(28)25-6-5-16-14(10-25)17-18(27)24(2)29-13(8-20)9-26(17)23-16;1-25-17(28)16-11-8-26(3-2-14(11)24-27(16)7-10(6-20)30-25)18(29)23-9-4-12(19)15(22)13(21)5-9/h3-4,7,13H,5-6,8-10H2,1-2H3,(H,22,28);4-5,10H,2-3,6-8H2,1H3,(H,23,29)/t13-;10-/m11/s1. The molecule has 0 aliphatic carbocycles. The number of rotatable bonds is 4. The lowest BCUT2D eigenvalue weighted by Crippen LogP contribution is -2.39. The van der Waals surface area contributed by atoms with Crippen molar-refractivity contribution in [3.8, 4) is 0 Å². The minimum Gasteiger partial charge on any atom is -0.320 e. The largest absolute Gasteiger partial charge is 0.322 e. The van der Waals surface area contributed by atoms with Gasteiger partial charge in [0, 0.05) is 68.6 Å². The van der Waals surface area contributed by atoms with Crippen LogP contribution in [0, 0.1) is 24.4 Å². The first-order chi connectivity index (χ1) is 28.1. The highest BCUT2D eigenvalue weighted by molar-refractivity contribution is 6.31. The van der Waals surface area contributed by atoms with E-state index in [4.69, 9.17) is 21.3 Å². The maximum atomic E-state index is 13.5. The molecule has 2 aromatic heterocycles. The Hall–Kier alpha value is -5.80. The van der Waals surface area contributed by atoms with Crippen LogP contribution < -0.4 is 10.6 Å². The summed E-state index contributed by atoms with van der Waals surface area (Å²) in [6.45, 7) is 1.24. The zero-order chi connectivity index (χ0) is 42.3. The molecule has 16 nitrogen and oxygen atoms in total. The number of fused-ring (bicyclic) bond motifs is 6. The Bertz CT molecular complexity index is 2300. The van der Waals surface area contributed by atoms with E-state index in [0.717, 1.165) is 28.0 Å². The average molecular weight is 849 g/mol. The molecule has 0 fully saturated rings. The summed E-state index contributed by atoms with van der Waals surface area (Å²) in [6, 6.07) is 5.35. The highest BCUT2D eigenvalue weighted by atomic mass is 35.5. The maximum absolute atomic E-state index is 13.5. The van der Waals surface area contributed by atoms with E-state index in [9.17, 15) is 41.1 Å². The Kier molecular flexibility index (Phi) is 11.8. The minimum atomic E-state index is -1.20. The van der Waals surface area contributed by atoms with Gasteiger partial charge in [-0.15, -0.1) is 0 Å². The number of carbonyl (C=O) groups is 4. The van der Waals surface area contributed by atoms with E-state index >= 15 is 0 Å². The highest BCUT2D eigenvalue weighted by Gasteiger charge is 2.37. The summed E-state index contributed by atoms with van der Waals surface area (Å²) >= 11 is 5.62. The van der Waals surface area contributed by atoms with Gasteiger partial charge in [0.15, 0.2) is 11.6 Å². The van der Waals surface area contributed by atoms with Crippen molar-refractivity contribution in [2.24, 2.45) is 0 Å². The molecule has 22 heteroatoms. The van der Waals surface area contributed by atoms with E-state index in [1.165, 1.54) is 40.5 Å². The summed E-state index contributed by atoms with van der Waals surface area (Å²) in [6.07, 6.45) is -0.797. The van der Waals surface area contributed by atoms with Gasteiger partial charge in [0.05, 0.1) is 42.6 Å². The van der Waals surface area contributed by atoms with Crippen LogP contribution in [-0.4, -0.2) is 116 Å². The van der Waals surface area contributed by atoms with Crippen LogP contribution in [0.25, 0.3) is 0 Å². The number of aryl methyl sites for hydroxylation is 1. The third kappa shape index (κ3) is 8.39. The molecular weight excluding hydrogens is 811 g/mol. The quantitative estimate of drug-likeness (QED) is 0.214. The maximum Gasteiger partial charge on any atom is 0.322 e. The fourth-order valence-electron chi connectivity index (χ4n) is 7.15. The molecule has 0 saturated carbocycles. The zero-order valence-electron chi connectivity index (χ0n) is 31.9. The number of nitrogens with one attached hydrogen (secondary N) is 2. The molecule has 4 aliphatic rings. The van der Waals surface area contributed by atoms with Crippen LogP contribution in [0.15, 0.2) is 30.3 Å². The lowest BCUT2D eigenvalue weighted by Gasteiger charge is -2.27. The number of carbonyl (C=O) groups excluding carboxylic acids is 4. The summed E-state index contributed by atoms with van der Waals surface area (Å²) < 4.78 is 69.5. The molecule has 4 aromatic rings. The molecule has 0 radical (unpaired) electrons. The average Bonchev–Trinajstić information content (AvgIpc) is 3.69. The summed E-state index contributed by atoms with van der Waals surface area (Å²) in [5.41, 5.74) is 4.02. The Morgan fingerprint density at radius 1 is 0.763 bits per heavy atom. The molecule has 0 bridgehead atoms. The van der Waals surface area contributed by atoms with Gasteiger partial charge in [-0.1, -0.05) is 11.6 Å². The van der Waals surface area contributed by atoms with Gasteiger partial charge in [0.25, 0.3) is 11.8 Å². The number of benzene rings is 2. The number of anilines is 2. The molecule has 2 N–H and O–H groups in total. The third-order valence-corrected chi connectivity index (χ3v) is 10.4. The first kappa shape index (κ1) is 41.4. The van der Waals surface area contributed by atoms with E-state index < -0.39 is 60.1 Å². The summed E-state index contributed by atoms with van der Waals surface area (Å²) in [4.78, 5) is 64.3. The summed E-state index contributed by atoms with van der Waals surface area (Å²) in [7, 11) is 2.82. The van der Waals surface area contributed by atoms with Gasteiger partial charge in [0.2, 0.25) is 0 Å². The molecule has 4 aliphatic heterocycles. The van der Waals surface area contributed by atoms with E-state index in [2.05, 4.69) is 20.8 Å². The van der Waals surface area contributed by atoms with Crippen molar-refractivity contribution in [3.05, 3.63) is 92.3 Å². The van der Waals surface area contributed by atoms with Gasteiger partial charge >= 0.3 is 12.1 Å². The summed E-state index contributed by atoms with van der Waals surface area (Å²) in [5, 5.41) is 15.6. The smallest absolute Gasteiger partial charge is 0.320 e. The van der Waals surface area contributed by atoms with Crippen LogP contribution in [-0.2, 0) is 48.7 Å². The number of halogens is 6.